The van der Waals surface area contributed by atoms with Crippen LogP contribution in [0.2, 0.25) is 0 Å². The molecule has 39 heavy (non-hydrogen) atoms. The molecular weight excluding hydrogens is 586 g/mol. The first-order valence-electron chi connectivity index (χ1n) is 12.4. The summed E-state index contributed by atoms with van der Waals surface area (Å²) < 4.78 is 17.3. The lowest BCUT2D eigenvalue weighted by molar-refractivity contribution is -0.136. The second-order valence-electron chi connectivity index (χ2n) is 8.60. The zero-order chi connectivity index (χ0) is 27.8. The first kappa shape index (κ1) is 28.3. The monoisotopic (exact) mass is 613 g/mol. The molecule has 0 atom stereocenters. The van der Waals surface area contributed by atoms with Crippen LogP contribution in [0.4, 0.5) is 5.00 Å². The van der Waals surface area contributed by atoms with E-state index in [-0.39, 0.29) is 0 Å². The van der Waals surface area contributed by atoms with Gasteiger partial charge in [-0.05, 0) is 77.4 Å². The number of carbonyl (C=O) groups is 3. The van der Waals surface area contributed by atoms with E-state index >= 15 is 0 Å². The van der Waals surface area contributed by atoms with E-state index < -0.39 is 17.8 Å². The largest absolute Gasteiger partial charge is 0.490 e. The van der Waals surface area contributed by atoms with Crippen molar-refractivity contribution in [2.24, 2.45) is 5.10 Å². The normalized spacial score (nSPS) is 12.5. The molecule has 1 aliphatic rings. The van der Waals surface area contributed by atoms with E-state index in [2.05, 4.69) is 31.8 Å². The summed E-state index contributed by atoms with van der Waals surface area (Å²) in [6.07, 6.45) is 4.92. The molecule has 11 heteroatoms. The lowest BCUT2D eigenvalue weighted by Gasteiger charge is -2.14. The van der Waals surface area contributed by atoms with Gasteiger partial charge in [0.05, 0.1) is 30.0 Å². The van der Waals surface area contributed by atoms with E-state index in [4.69, 9.17) is 14.2 Å². The second-order valence-corrected chi connectivity index (χ2v) is 10.6. The number of anilines is 1. The number of hydrazone groups is 1. The highest BCUT2D eigenvalue weighted by Gasteiger charge is 2.28. The van der Waals surface area contributed by atoms with E-state index in [0.29, 0.717) is 45.3 Å². The van der Waals surface area contributed by atoms with Gasteiger partial charge in [0, 0.05) is 4.88 Å². The number of hydrogen-bond donors (Lipinski definition) is 2. The number of rotatable bonds is 9. The van der Waals surface area contributed by atoms with Crippen LogP contribution >= 0.6 is 27.3 Å². The minimum absolute atomic E-state index is 0.314. The van der Waals surface area contributed by atoms with Gasteiger partial charge >= 0.3 is 17.8 Å². The highest BCUT2D eigenvalue weighted by molar-refractivity contribution is 9.10. The summed E-state index contributed by atoms with van der Waals surface area (Å²) in [6.45, 7) is 2.65. The highest BCUT2D eigenvalue weighted by Crippen LogP contribution is 2.39. The topological polar surface area (TPSA) is 115 Å². The van der Waals surface area contributed by atoms with E-state index in [1.165, 1.54) is 24.7 Å². The molecule has 0 aliphatic heterocycles. The number of methoxy groups -OCH3 is 1. The molecule has 0 radical (unpaired) electrons. The molecular formula is C28H28BrN3O6S. The van der Waals surface area contributed by atoms with Crippen molar-refractivity contribution in [1.82, 2.24) is 5.43 Å². The number of nitrogens with zero attached hydrogens (tertiary/aromatic N) is 1. The number of esters is 1. The molecule has 0 spiro atoms. The zero-order valence-electron chi connectivity index (χ0n) is 21.5. The molecule has 9 nitrogen and oxygen atoms in total. The molecule has 3 aromatic rings. The van der Waals surface area contributed by atoms with Crippen LogP contribution in [0.3, 0.4) is 0 Å². The molecule has 0 fully saturated rings. The van der Waals surface area contributed by atoms with Crippen LogP contribution in [0, 0.1) is 0 Å². The molecule has 1 aliphatic carbocycles. The van der Waals surface area contributed by atoms with Crippen LogP contribution in [0.15, 0.2) is 52.0 Å². The van der Waals surface area contributed by atoms with Gasteiger partial charge in [-0.2, -0.15) is 5.10 Å². The number of nitrogens with one attached hydrogen (secondary N) is 2. The van der Waals surface area contributed by atoms with Crippen molar-refractivity contribution in [3.63, 3.8) is 0 Å². The summed E-state index contributed by atoms with van der Waals surface area (Å²) in [5.41, 5.74) is 5.06. The number of hydrogen-bond acceptors (Lipinski definition) is 8. The van der Waals surface area contributed by atoms with Gasteiger partial charge in [0.2, 0.25) is 0 Å². The predicted octanol–water partition coefficient (Wildman–Crippen LogP) is 5.24. The SMILES string of the molecule is CCOc1cc(C=NNC(=O)C(=O)Nc2sc3c(c2C(=O)OC)CCCC3)cc(Br)c1OCc1ccccc1. The number of carbonyl (C=O) groups excluding carboxylic acids is 3. The minimum atomic E-state index is -0.972. The average Bonchev–Trinajstić information content (AvgIpc) is 3.30. The molecule has 0 saturated heterocycles. The third-order valence-corrected chi connectivity index (χ3v) is 7.73. The molecule has 2 amide bonds. The number of benzene rings is 2. The predicted molar refractivity (Wildman–Crippen MR) is 153 cm³/mol. The smallest absolute Gasteiger partial charge is 0.341 e. The number of halogens is 1. The number of amides is 2. The van der Waals surface area contributed by atoms with Gasteiger partial charge in [-0.25, -0.2) is 10.2 Å². The van der Waals surface area contributed by atoms with Crippen molar-refractivity contribution in [2.45, 2.75) is 39.2 Å². The Balaban J connectivity index is 1.42. The van der Waals surface area contributed by atoms with Crippen LogP contribution < -0.4 is 20.2 Å². The summed E-state index contributed by atoms with van der Waals surface area (Å²) in [6, 6.07) is 13.2. The Morgan fingerprint density at radius 2 is 1.85 bits per heavy atom. The van der Waals surface area contributed by atoms with E-state index in [1.54, 1.807) is 12.1 Å². The second kappa shape index (κ2) is 13.4. The Labute approximate surface area is 238 Å². The summed E-state index contributed by atoms with van der Waals surface area (Å²) in [4.78, 5) is 38.4. The molecule has 2 N–H and O–H groups in total. The van der Waals surface area contributed by atoms with Gasteiger partial charge in [-0.3, -0.25) is 9.59 Å². The minimum Gasteiger partial charge on any atom is -0.490 e. The molecule has 1 aromatic heterocycles. The van der Waals surface area contributed by atoms with E-state index in [0.717, 1.165) is 41.7 Å². The van der Waals surface area contributed by atoms with Gasteiger partial charge in [0.1, 0.15) is 11.6 Å². The molecule has 1 heterocycles. The maximum atomic E-state index is 12.6. The number of thiophene rings is 1. The van der Waals surface area contributed by atoms with Crippen molar-refractivity contribution in [2.75, 3.05) is 19.0 Å². The Bertz CT molecular complexity index is 1390. The quantitative estimate of drug-likeness (QED) is 0.147. The molecule has 0 bridgehead atoms. The Kier molecular flexibility index (Phi) is 9.72. The first-order valence-corrected chi connectivity index (χ1v) is 14.0. The number of ether oxygens (including phenoxy) is 3. The molecule has 2 aromatic carbocycles. The van der Waals surface area contributed by atoms with Crippen molar-refractivity contribution < 1.29 is 28.6 Å². The average molecular weight is 615 g/mol. The van der Waals surface area contributed by atoms with Crippen LogP contribution in [0.1, 0.15) is 51.7 Å². The maximum Gasteiger partial charge on any atom is 0.341 e. The van der Waals surface area contributed by atoms with Crippen molar-refractivity contribution in [3.8, 4) is 11.5 Å². The number of fused-ring (bicyclic) bond motifs is 1. The van der Waals surface area contributed by atoms with Crippen LogP contribution in [-0.4, -0.2) is 37.7 Å². The fourth-order valence-electron chi connectivity index (χ4n) is 4.14. The standard InChI is InChI=1S/C28H28BrN3O6S/c1-3-37-21-14-18(13-20(29)24(21)38-16-17-9-5-4-6-10-17)15-30-32-26(34)25(33)31-27-23(28(35)36-2)19-11-7-8-12-22(19)39-27/h4-6,9-10,13-15H,3,7-8,11-12,16H2,1-2H3,(H,31,33)(H,32,34). The van der Waals surface area contributed by atoms with Gasteiger partial charge in [-0.1, -0.05) is 30.3 Å². The fraction of sp³-hybridized carbons (Fsp3) is 0.286. The van der Waals surface area contributed by atoms with Gasteiger partial charge < -0.3 is 19.5 Å². The Morgan fingerprint density at radius 1 is 1.08 bits per heavy atom. The summed E-state index contributed by atoms with van der Waals surface area (Å²) in [7, 11) is 1.29. The summed E-state index contributed by atoms with van der Waals surface area (Å²) in [5.74, 6) is -1.39. The fourth-order valence-corrected chi connectivity index (χ4v) is 5.99. The zero-order valence-corrected chi connectivity index (χ0v) is 23.9. The lowest BCUT2D eigenvalue weighted by Crippen LogP contribution is -2.32. The molecule has 204 valence electrons. The third kappa shape index (κ3) is 7.04. The van der Waals surface area contributed by atoms with E-state index in [1.807, 2.05) is 37.3 Å². The van der Waals surface area contributed by atoms with E-state index in [9.17, 15) is 14.4 Å². The Morgan fingerprint density at radius 3 is 2.59 bits per heavy atom. The molecule has 0 saturated carbocycles. The molecule has 0 unspecified atom stereocenters. The molecule has 4 rings (SSSR count). The van der Waals surface area contributed by atoms with Crippen molar-refractivity contribution >= 4 is 56.3 Å². The van der Waals surface area contributed by atoms with Gasteiger partial charge in [-0.15, -0.1) is 11.3 Å². The van der Waals surface area contributed by atoms with Crippen molar-refractivity contribution in [3.05, 3.63) is 74.1 Å². The first-order chi connectivity index (χ1) is 18.9. The van der Waals surface area contributed by atoms with Crippen LogP contribution in [0.5, 0.6) is 11.5 Å². The van der Waals surface area contributed by atoms with Crippen LogP contribution in [0.25, 0.3) is 0 Å². The lowest BCUT2D eigenvalue weighted by atomic mass is 9.95. The van der Waals surface area contributed by atoms with Crippen molar-refractivity contribution in [1.29, 1.82) is 0 Å². The van der Waals surface area contributed by atoms with Crippen LogP contribution in [-0.2, 0) is 33.8 Å². The third-order valence-electron chi connectivity index (χ3n) is 5.93. The van der Waals surface area contributed by atoms with Gasteiger partial charge in [0.25, 0.3) is 0 Å². The summed E-state index contributed by atoms with van der Waals surface area (Å²) >= 11 is 4.82. The summed E-state index contributed by atoms with van der Waals surface area (Å²) in [5, 5.41) is 6.78. The number of aryl methyl sites for hydroxylation is 1. The van der Waals surface area contributed by atoms with Gasteiger partial charge in [0.15, 0.2) is 11.5 Å². The maximum absolute atomic E-state index is 12.6. The highest BCUT2D eigenvalue weighted by atomic mass is 79.9. The Hall–Kier alpha value is -3.70.